The van der Waals surface area contributed by atoms with E-state index in [-0.39, 0.29) is 11.9 Å². The van der Waals surface area contributed by atoms with Gasteiger partial charge >= 0.3 is 0 Å². The van der Waals surface area contributed by atoms with Crippen LogP contribution in [0.3, 0.4) is 0 Å². The third-order valence-electron chi connectivity index (χ3n) is 4.73. The molecule has 4 heterocycles. The largest absolute Gasteiger partial charge is 0.468 e. The van der Waals surface area contributed by atoms with Crippen molar-refractivity contribution in [2.75, 3.05) is 13.1 Å². The van der Waals surface area contributed by atoms with E-state index in [1.807, 2.05) is 18.3 Å². The van der Waals surface area contributed by atoms with Gasteiger partial charge in [-0.3, -0.25) is 19.1 Å². The second-order valence-electron chi connectivity index (χ2n) is 6.55. The fourth-order valence-corrected chi connectivity index (χ4v) is 3.46. The molecule has 1 atom stereocenters. The van der Waals surface area contributed by atoms with Crippen LogP contribution in [0.25, 0.3) is 0 Å². The Bertz CT molecular complexity index is 866. The molecule has 136 valence electrons. The molecule has 0 saturated heterocycles. The van der Waals surface area contributed by atoms with Gasteiger partial charge in [-0.1, -0.05) is 0 Å². The normalized spacial score (nSPS) is 17.2. The second kappa shape index (κ2) is 7.17. The Morgan fingerprint density at radius 3 is 2.96 bits per heavy atom. The maximum atomic E-state index is 12.2. The van der Waals surface area contributed by atoms with Gasteiger partial charge in [-0.2, -0.15) is 10.2 Å². The minimum Gasteiger partial charge on any atom is -0.468 e. The maximum Gasteiger partial charge on any atom is 0.269 e. The number of furan rings is 1. The fourth-order valence-electron chi connectivity index (χ4n) is 3.46. The van der Waals surface area contributed by atoms with E-state index in [1.54, 1.807) is 30.3 Å². The van der Waals surface area contributed by atoms with Crippen LogP contribution in [0, 0.1) is 0 Å². The summed E-state index contributed by atoms with van der Waals surface area (Å²) in [7, 11) is 1.76. The van der Waals surface area contributed by atoms with E-state index < -0.39 is 0 Å². The van der Waals surface area contributed by atoms with Crippen molar-refractivity contribution in [2.24, 2.45) is 7.05 Å². The summed E-state index contributed by atoms with van der Waals surface area (Å²) in [5.41, 5.74) is 1.75. The number of aromatic nitrogens is 4. The number of amides is 1. The van der Waals surface area contributed by atoms with E-state index in [0.29, 0.717) is 12.2 Å². The first-order chi connectivity index (χ1) is 12.7. The average Bonchev–Trinajstić information content (AvgIpc) is 3.36. The van der Waals surface area contributed by atoms with Crippen LogP contribution in [0.1, 0.15) is 34.4 Å². The van der Waals surface area contributed by atoms with Crippen LogP contribution in [-0.2, 0) is 20.1 Å². The van der Waals surface area contributed by atoms with E-state index in [9.17, 15) is 4.79 Å². The highest BCUT2D eigenvalue weighted by molar-refractivity contribution is 5.92. The van der Waals surface area contributed by atoms with Crippen LogP contribution in [0.15, 0.2) is 47.3 Å². The Morgan fingerprint density at radius 2 is 2.19 bits per heavy atom. The molecule has 0 aromatic carbocycles. The monoisotopic (exact) mass is 354 g/mol. The molecule has 3 aromatic rings. The van der Waals surface area contributed by atoms with Gasteiger partial charge in [-0.05, 0) is 30.7 Å². The predicted octanol–water partition coefficient (Wildman–Crippen LogP) is 1.59. The van der Waals surface area contributed by atoms with Crippen molar-refractivity contribution in [3.8, 4) is 0 Å². The molecular formula is C18H22N6O2. The van der Waals surface area contributed by atoms with Gasteiger partial charge in [0.2, 0.25) is 0 Å². The number of carbonyl (C=O) groups is 1. The van der Waals surface area contributed by atoms with Crippen LogP contribution in [0.4, 0.5) is 0 Å². The molecule has 1 aliphatic rings. The second-order valence-corrected chi connectivity index (χ2v) is 6.55. The summed E-state index contributed by atoms with van der Waals surface area (Å²) in [6, 6.07) is 7.89. The highest BCUT2D eigenvalue weighted by atomic mass is 16.3. The molecule has 0 saturated carbocycles. The third kappa shape index (κ3) is 3.41. The average molecular weight is 354 g/mol. The SMILES string of the molecule is Cn1nccc1C(=O)NCC[C@@H]1CN(Cc2ccco2)Cc2ccnn21. The number of fused-ring (bicyclic) bond motifs is 1. The molecule has 0 spiro atoms. The minimum absolute atomic E-state index is 0.103. The summed E-state index contributed by atoms with van der Waals surface area (Å²) >= 11 is 0. The number of carbonyl (C=O) groups excluding carboxylic acids is 1. The van der Waals surface area contributed by atoms with E-state index in [0.717, 1.165) is 31.8 Å². The lowest BCUT2D eigenvalue weighted by atomic mass is 10.1. The lowest BCUT2D eigenvalue weighted by molar-refractivity contribution is 0.0937. The Hall–Kier alpha value is -2.87. The first kappa shape index (κ1) is 16.6. The Kier molecular flexibility index (Phi) is 4.57. The molecule has 8 heteroatoms. The lowest BCUT2D eigenvalue weighted by Crippen LogP contribution is -2.39. The number of hydrogen-bond acceptors (Lipinski definition) is 5. The number of nitrogens with one attached hydrogen (secondary N) is 1. The van der Waals surface area contributed by atoms with Crippen molar-refractivity contribution in [2.45, 2.75) is 25.6 Å². The van der Waals surface area contributed by atoms with Gasteiger partial charge < -0.3 is 9.73 Å². The zero-order chi connectivity index (χ0) is 17.9. The standard InChI is InChI=1S/C18H22N6O2/c1-22-17(6-9-20-22)18(25)19-7-4-14-11-23(13-16-3-2-10-26-16)12-15-5-8-21-24(14)15/h2-3,5-6,8-10,14H,4,7,11-13H2,1H3,(H,19,25)/t14-/m1/s1. The van der Waals surface area contributed by atoms with Crippen molar-refractivity contribution in [1.29, 1.82) is 0 Å². The van der Waals surface area contributed by atoms with Crippen molar-refractivity contribution in [1.82, 2.24) is 29.8 Å². The van der Waals surface area contributed by atoms with Gasteiger partial charge in [0.15, 0.2) is 0 Å². The smallest absolute Gasteiger partial charge is 0.269 e. The van der Waals surface area contributed by atoms with Crippen molar-refractivity contribution in [3.63, 3.8) is 0 Å². The highest BCUT2D eigenvalue weighted by Crippen LogP contribution is 2.24. The fraction of sp³-hybridized carbons (Fsp3) is 0.389. The molecule has 0 radical (unpaired) electrons. The van der Waals surface area contributed by atoms with Crippen molar-refractivity contribution in [3.05, 3.63) is 60.1 Å². The van der Waals surface area contributed by atoms with Gasteiger partial charge in [-0.15, -0.1) is 0 Å². The van der Waals surface area contributed by atoms with Crippen molar-refractivity contribution < 1.29 is 9.21 Å². The topological polar surface area (TPSA) is 81.1 Å². The molecule has 1 N–H and O–H groups in total. The lowest BCUT2D eigenvalue weighted by Gasteiger charge is -2.33. The Balaban J connectivity index is 1.37. The minimum atomic E-state index is -0.103. The Morgan fingerprint density at radius 1 is 1.31 bits per heavy atom. The van der Waals surface area contributed by atoms with E-state index in [1.165, 1.54) is 5.69 Å². The van der Waals surface area contributed by atoms with Crippen LogP contribution in [-0.4, -0.2) is 43.5 Å². The number of nitrogens with zero attached hydrogens (tertiary/aromatic N) is 5. The molecule has 3 aromatic heterocycles. The molecule has 8 nitrogen and oxygen atoms in total. The number of hydrogen-bond donors (Lipinski definition) is 1. The van der Waals surface area contributed by atoms with Crippen LogP contribution >= 0.6 is 0 Å². The summed E-state index contributed by atoms with van der Waals surface area (Å²) in [5, 5.41) is 11.5. The molecule has 0 aliphatic carbocycles. The number of aryl methyl sites for hydroxylation is 1. The molecule has 26 heavy (non-hydrogen) atoms. The third-order valence-corrected chi connectivity index (χ3v) is 4.73. The van der Waals surface area contributed by atoms with Gasteiger partial charge in [0, 0.05) is 39.1 Å². The summed E-state index contributed by atoms with van der Waals surface area (Å²) in [5.74, 6) is 0.857. The van der Waals surface area contributed by atoms with Crippen molar-refractivity contribution >= 4 is 5.91 Å². The summed E-state index contributed by atoms with van der Waals surface area (Å²) < 4.78 is 9.13. The molecule has 0 unspecified atom stereocenters. The van der Waals surface area contributed by atoms with E-state index in [4.69, 9.17) is 4.42 Å². The molecule has 1 amide bonds. The summed E-state index contributed by atoms with van der Waals surface area (Å²) in [6.07, 6.45) is 5.98. The number of rotatable bonds is 6. The van der Waals surface area contributed by atoms with Crippen LogP contribution in [0.5, 0.6) is 0 Å². The Labute approximate surface area is 151 Å². The first-order valence-electron chi connectivity index (χ1n) is 8.74. The van der Waals surface area contributed by atoms with Gasteiger partial charge in [0.05, 0.1) is 24.5 Å². The zero-order valence-corrected chi connectivity index (χ0v) is 14.7. The summed E-state index contributed by atoms with van der Waals surface area (Å²) in [6.45, 7) is 3.08. The first-order valence-corrected chi connectivity index (χ1v) is 8.74. The summed E-state index contributed by atoms with van der Waals surface area (Å²) in [4.78, 5) is 14.6. The molecule has 0 bridgehead atoms. The quantitative estimate of drug-likeness (QED) is 0.727. The van der Waals surface area contributed by atoms with Crippen LogP contribution < -0.4 is 5.32 Å². The van der Waals surface area contributed by atoms with E-state index in [2.05, 4.69) is 31.2 Å². The maximum absolute atomic E-state index is 12.2. The zero-order valence-electron chi connectivity index (χ0n) is 14.7. The molecule has 4 rings (SSSR count). The van der Waals surface area contributed by atoms with Gasteiger partial charge in [0.25, 0.3) is 5.91 Å². The molecule has 0 fully saturated rings. The highest BCUT2D eigenvalue weighted by Gasteiger charge is 2.26. The predicted molar refractivity (Wildman–Crippen MR) is 94.2 cm³/mol. The molecule has 1 aliphatic heterocycles. The van der Waals surface area contributed by atoms with E-state index >= 15 is 0 Å². The molecular weight excluding hydrogens is 332 g/mol. The van der Waals surface area contributed by atoms with Gasteiger partial charge in [0.1, 0.15) is 11.5 Å². The van der Waals surface area contributed by atoms with Gasteiger partial charge in [-0.25, -0.2) is 0 Å². The van der Waals surface area contributed by atoms with Crippen LogP contribution in [0.2, 0.25) is 0 Å².